The van der Waals surface area contributed by atoms with Crippen molar-refractivity contribution in [3.05, 3.63) is 72.4 Å². The van der Waals surface area contributed by atoms with E-state index in [1.807, 2.05) is 18.2 Å². The summed E-state index contributed by atoms with van der Waals surface area (Å²) in [5, 5.41) is 4.43. The van der Waals surface area contributed by atoms with Gasteiger partial charge in [0.2, 0.25) is 5.91 Å². The fraction of sp³-hybridized carbons (Fsp3) is 0.136. The lowest BCUT2D eigenvalue weighted by Gasteiger charge is -2.07. The number of aromatic nitrogens is 3. The average molecular weight is 418 g/mol. The Morgan fingerprint density at radius 1 is 1.00 bits per heavy atom. The monoisotopic (exact) mass is 418 g/mol. The van der Waals surface area contributed by atoms with Gasteiger partial charge in [-0.3, -0.25) is 4.79 Å². The lowest BCUT2D eigenvalue weighted by molar-refractivity contribution is 0.100. The highest BCUT2D eigenvalue weighted by atomic mass is 32.2. The molecule has 150 valence electrons. The van der Waals surface area contributed by atoms with Gasteiger partial charge >= 0.3 is 0 Å². The first-order valence-electron chi connectivity index (χ1n) is 9.53. The third-order valence-corrected chi connectivity index (χ3v) is 7.51. The summed E-state index contributed by atoms with van der Waals surface area (Å²) in [5.41, 5.74) is 9.35. The van der Waals surface area contributed by atoms with E-state index in [1.165, 1.54) is 0 Å². The first-order valence-corrected chi connectivity index (χ1v) is 11.1. The second kappa shape index (κ2) is 6.77. The molecule has 0 spiro atoms. The van der Waals surface area contributed by atoms with E-state index in [0.29, 0.717) is 21.8 Å². The number of fused-ring (bicyclic) bond motifs is 1. The van der Waals surface area contributed by atoms with E-state index in [-0.39, 0.29) is 5.25 Å². The second-order valence-corrected chi connectivity index (χ2v) is 9.57. The molecule has 2 N–H and O–H groups in total. The van der Waals surface area contributed by atoms with E-state index in [2.05, 4.69) is 4.98 Å². The molecule has 0 unspecified atom stereocenters. The van der Waals surface area contributed by atoms with E-state index in [9.17, 15) is 13.2 Å². The molecule has 2 aromatic carbocycles. The molecule has 30 heavy (non-hydrogen) atoms. The Labute approximate surface area is 173 Å². The normalized spacial score (nSPS) is 14.1. The van der Waals surface area contributed by atoms with Crippen LogP contribution < -0.4 is 5.73 Å². The quantitative estimate of drug-likeness (QED) is 0.536. The Morgan fingerprint density at radius 3 is 2.47 bits per heavy atom. The van der Waals surface area contributed by atoms with E-state index < -0.39 is 15.7 Å². The van der Waals surface area contributed by atoms with Gasteiger partial charge in [-0.05, 0) is 49.2 Å². The van der Waals surface area contributed by atoms with Crippen LogP contribution in [0.25, 0.3) is 28.2 Å². The molecule has 8 heteroatoms. The zero-order chi connectivity index (χ0) is 20.9. The summed E-state index contributed by atoms with van der Waals surface area (Å²) in [5.74, 6) is -0.485. The third-order valence-electron chi connectivity index (χ3n) is 5.25. The highest BCUT2D eigenvalue weighted by Gasteiger charge is 2.36. The average Bonchev–Trinajstić information content (AvgIpc) is 3.54. The van der Waals surface area contributed by atoms with Crippen LogP contribution in [0.3, 0.4) is 0 Å². The van der Waals surface area contributed by atoms with Crippen molar-refractivity contribution in [3.63, 3.8) is 0 Å². The molecule has 7 nitrogen and oxygen atoms in total. The van der Waals surface area contributed by atoms with Crippen molar-refractivity contribution in [2.24, 2.45) is 5.73 Å². The van der Waals surface area contributed by atoms with Crippen LogP contribution in [0, 0.1) is 0 Å². The van der Waals surface area contributed by atoms with E-state index in [0.717, 1.165) is 29.7 Å². The van der Waals surface area contributed by atoms with E-state index in [1.54, 1.807) is 53.2 Å². The summed E-state index contributed by atoms with van der Waals surface area (Å²) < 4.78 is 26.9. The van der Waals surface area contributed by atoms with Gasteiger partial charge in [-0.1, -0.05) is 24.3 Å². The first-order chi connectivity index (χ1) is 14.4. The minimum absolute atomic E-state index is 0.258. The van der Waals surface area contributed by atoms with Crippen molar-refractivity contribution in [1.82, 2.24) is 14.6 Å². The first kappa shape index (κ1) is 18.5. The lowest BCUT2D eigenvalue weighted by atomic mass is 10.1. The van der Waals surface area contributed by atoms with Gasteiger partial charge in [0.15, 0.2) is 15.5 Å². The Hall–Kier alpha value is -3.52. The number of benzene rings is 2. The van der Waals surface area contributed by atoms with E-state index >= 15 is 0 Å². The Kier molecular flexibility index (Phi) is 4.18. The molecule has 4 aromatic rings. The van der Waals surface area contributed by atoms with Crippen LogP contribution in [-0.4, -0.2) is 34.2 Å². The van der Waals surface area contributed by atoms with Crippen LogP contribution in [0.1, 0.15) is 23.2 Å². The topological polar surface area (TPSA) is 107 Å². The molecule has 2 aromatic heterocycles. The number of hydrogen-bond acceptors (Lipinski definition) is 5. The number of amides is 1. The van der Waals surface area contributed by atoms with Gasteiger partial charge < -0.3 is 5.73 Å². The summed E-state index contributed by atoms with van der Waals surface area (Å²) in [4.78, 5) is 16.0. The molecule has 0 radical (unpaired) electrons. The molecular formula is C22H18N4O3S. The van der Waals surface area contributed by atoms with Gasteiger partial charge in [-0.15, -0.1) is 0 Å². The third kappa shape index (κ3) is 3.15. The summed E-state index contributed by atoms with van der Waals surface area (Å²) in [6.45, 7) is 0. The molecule has 1 fully saturated rings. The van der Waals surface area contributed by atoms with Crippen molar-refractivity contribution in [2.75, 3.05) is 0 Å². The molecular weight excluding hydrogens is 400 g/mol. The largest absolute Gasteiger partial charge is 0.366 e. The smallest absolute Gasteiger partial charge is 0.248 e. The standard InChI is InChI=1S/C22H18N4O3S/c23-22(27)15-6-4-14(5-7-15)20-13-24-21-11-10-19(25-26(20)21)16-2-1-3-18(12-16)30(28,29)17-8-9-17/h1-7,10-13,17H,8-9H2,(H2,23,27). The summed E-state index contributed by atoms with van der Waals surface area (Å²) in [6, 6.07) is 17.5. The number of nitrogens with zero attached hydrogens (tertiary/aromatic N) is 3. The fourth-order valence-electron chi connectivity index (χ4n) is 3.43. The van der Waals surface area contributed by atoms with Gasteiger partial charge in [-0.25, -0.2) is 17.9 Å². The number of imidazole rings is 1. The molecule has 1 aliphatic rings. The number of nitrogens with two attached hydrogens (primary N) is 1. The zero-order valence-electron chi connectivity index (χ0n) is 15.9. The number of hydrogen-bond donors (Lipinski definition) is 1. The molecule has 0 aliphatic heterocycles. The molecule has 1 aliphatic carbocycles. The van der Waals surface area contributed by atoms with Gasteiger partial charge in [0.05, 0.1) is 27.7 Å². The highest BCUT2D eigenvalue weighted by molar-refractivity contribution is 7.92. The molecule has 1 amide bonds. The van der Waals surface area contributed by atoms with Gasteiger partial charge in [0.25, 0.3) is 0 Å². The SMILES string of the molecule is NC(=O)c1ccc(-c2cnc3ccc(-c4cccc(S(=O)(=O)C5CC5)c4)nn23)cc1. The van der Waals surface area contributed by atoms with Gasteiger partial charge in [0, 0.05) is 16.7 Å². The maximum Gasteiger partial charge on any atom is 0.248 e. The molecule has 1 saturated carbocycles. The maximum absolute atomic E-state index is 12.6. The minimum Gasteiger partial charge on any atom is -0.366 e. The predicted octanol–water partition coefficient (Wildman–Crippen LogP) is 3.10. The van der Waals surface area contributed by atoms with Crippen LogP contribution in [0.5, 0.6) is 0 Å². The Balaban J connectivity index is 1.57. The molecule has 0 saturated heterocycles. The number of carbonyl (C=O) groups is 1. The maximum atomic E-state index is 12.6. The minimum atomic E-state index is -3.27. The van der Waals surface area contributed by atoms with Crippen LogP contribution in [0.15, 0.2) is 71.8 Å². The molecule has 0 atom stereocenters. The predicted molar refractivity (Wildman–Crippen MR) is 113 cm³/mol. The Bertz CT molecular complexity index is 1390. The highest BCUT2D eigenvalue weighted by Crippen LogP contribution is 2.34. The van der Waals surface area contributed by atoms with Crippen LogP contribution >= 0.6 is 0 Å². The Morgan fingerprint density at radius 2 is 1.77 bits per heavy atom. The fourth-order valence-corrected chi connectivity index (χ4v) is 5.13. The summed E-state index contributed by atoms with van der Waals surface area (Å²) in [7, 11) is -3.27. The molecule has 0 bridgehead atoms. The summed E-state index contributed by atoms with van der Waals surface area (Å²) >= 11 is 0. The molecule has 2 heterocycles. The lowest BCUT2D eigenvalue weighted by Crippen LogP contribution is -2.10. The number of sulfone groups is 1. The van der Waals surface area contributed by atoms with Crippen molar-refractivity contribution in [2.45, 2.75) is 23.0 Å². The van der Waals surface area contributed by atoms with E-state index in [4.69, 9.17) is 10.8 Å². The molecule has 5 rings (SSSR count). The van der Waals surface area contributed by atoms with Crippen molar-refractivity contribution in [3.8, 4) is 22.5 Å². The second-order valence-electron chi connectivity index (χ2n) is 7.35. The van der Waals surface area contributed by atoms with Crippen molar-refractivity contribution < 1.29 is 13.2 Å². The van der Waals surface area contributed by atoms with Crippen LogP contribution in [-0.2, 0) is 9.84 Å². The number of carbonyl (C=O) groups excluding carboxylic acids is 1. The number of primary amides is 1. The van der Waals surface area contributed by atoms with Crippen molar-refractivity contribution in [1.29, 1.82) is 0 Å². The van der Waals surface area contributed by atoms with Gasteiger partial charge in [-0.2, -0.15) is 5.10 Å². The zero-order valence-corrected chi connectivity index (χ0v) is 16.7. The van der Waals surface area contributed by atoms with Crippen LogP contribution in [0.2, 0.25) is 0 Å². The number of rotatable bonds is 5. The van der Waals surface area contributed by atoms with Crippen molar-refractivity contribution >= 4 is 21.4 Å². The summed E-state index contributed by atoms with van der Waals surface area (Å²) in [6.07, 6.45) is 3.16. The van der Waals surface area contributed by atoms with Gasteiger partial charge in [0.1, 0.15) is 0 Å². The van der Waals surface area contributed by atoms with Crippen LogP contribution in [0.4, 0.5) is 0 Å².